The van der Waals surface area contributed by atoms with Crippen molar-refractivity contribution >= 4 is 17.6 Å². The number of hydrogen-bond donors (Lipinski definition) is 2. The van der Waals surface area contributed by atoms with E-state index in [1.165, 1.54) is 0 Å². The molecule has 0 heterocycles. The Balaban J connectivity index is 2.64. The number of anilines is 1. The summed E-state index contributed by atoms with van der Waals surface area (Å²) in [7, 11) is 0. The summed E-state index contributed by atoms with van der Waals surface area (Å²) in [6.45, 7) is 6.04. The van der Waals surface area contributed by atoms with Crippen LogP contribution in [0.4, 0.5) is 5.69 Å². The van der Waals surface area contributed by atoms with Crippen molar-refractivity contribution in [3.63, 3.8) is 0 Å². The molecule has 0 fully saturated rings. The van der Waals surface area contributed by atoms with Gasteiger partial charge in [-0.1, -0.05) is 32.4 Å². The number of allylic oxidation sites excluding steroid dienone is 2. The van der Waals surface area contributed by atoms with Crippen LogP contribution in [0, 0.1) is 5.92 Å². The van der Waals surface area contributed by atoms with Crippen LogP contribution in [0.5, 0.6) is 0 Å². The van der Waals surface area contributed by atoms with Gasteiger partial charge in [-0.2, -0.15) is 0 Å². The zero-order valence-corrected chi connectivity index (χ0v) is 17.0. The Morgan fingerprint density at radius 1 is 1.18 bits per heavy atom. The lowest BCUT2D eigenvalue weighted by atomic mass is 9.96. The molecule has 4 N–H and O–H groups in total. The lowest BCUT2D eigenvalue weighted by molar-refractivity contribution is -0.152. The highest BCUT2D eigenvalue weighted by Crippen LogP contribution is 2.20. The number of hydrogen-bond acceptors (Lipinski definition) is 6. The molecule has 2 unspecified atom stereocenters. The van der Waals surface area contributed by atoms with Gasteiger partial charge in [-0.15, -0.1) is 0 Å². The van der Waals surface area contributed by atoms with Crippen LogP contribution in [0.15, 0.2) is 48.2 Å². The van der Waals surface area contributed by atoms with Crippen LogP contribution in [-0.4, -0.2) is 24.6 Å². The summed E-state index contributed by atoms with van der Waals surface area (Å²) in [5.41, 5.74) is 12.9. The number of carbonyl (C=O) groups excluding carboxylic acids is 2. The first-order valence-electron chi connectivity index (χ1n) is 9.71. The van der Waals surface area contributed by atoms with Crippen LogP contribution in [0.3, 0.4) is 0 Å². The Kier molecular flexibility index (Phi) is 10.5. The number of esters is 2. The fraction of sp³-hybridized carbons (Fsp3) is 0.455. The molecule has 0 saturated carbocycles. The number of carbonyl (C=O) groups is 2. The highest BCUT2D eigenvalue weighted by atomic mass is 16.6. The van der Waals surface area contributed by atoms with E-state index in [9.17, 15) is 9.59 Å². The molecule has 154 valence electrons. The van der Waals surface area contributed by atoms with Gasteiger partial charge in [0.1, 0.15) is 6.10 Å². The minimum atomic E-state index is -0.412. The van der Waals surface area contributed by atoms with E-state index in [-0.39, 0.29) is 31.0 Å². The van der Waals surface area contributed by atoms with Crippen LogP contribution in [0.25, 0.3) is 0 Å². The second kappa shape index (κ2) is 12.6. The summed E-state index contributed by atoms with van der Waals surface area (Å²) in [5, 5.41) is 0. The molecule has 0 amide bonds. The summed E-state index contributed by atoms with van der Waals surface area (Å²) in [6, 6.07) is 6.57. The van der Waals surface area contributed by atoms with Gasteiger partial charge in [0.15, 0.2) is 0 Å². The Hall–Kier alpha value is -2.76. The van der Waals surface area contributed by atoms with E-state index in [4.69, 9.17) is 20.9 Å². The van der Waals surface area contributed by atoms with Crippen molar-refractivity contribution in [3.05, 3.63) is 53.8 Å². The van der Waals surface area contributed by atoms with E-state index in [1.807, 2.05) is 20.8 Å². The topological polar surface area (TPSA) is 105 Å². The van der Waals surface area contributed by atoms with Crippen molar-refractivity contribution in [2.45, 2.75) is 52.6 Å². The Bertz CT molecular complexity index is 680. The van der Waals surface area contributed by atoms with E-state index in [2.05, 4.69) is 0 Å². The summed E-state index contributed by atoms with van der Waals surface area (Å²) in [6.07, 6.45) is 7.28. The van der Waals surface area contributed by atoms with Crippen molar-refractivity contribution in [2.24, 2.45) is 11.7 Å². The van der Waals surface area contributed by atoms with Gasteiger partial charge in [-0.25, -0.2) is 4.79 Å². The molecular formula is C22H32N2O4. The van der Waals surface area contributed by atoms with Gasteiger partial charge in [0.05, 0.1) is 18.6 Å². The third kappa shape index (κ3) is 8.29. The Morgan fingerprint density at radius 2 is 1.86 bits per heavy atom. The Morgan fingerprint density at radius 3 is 2.43 bits per heavy atom. The average molecular weight is 389 g/mol. The van der Waals surface area contributed by atoms with Crippen molar-refractivity contribution < 1.29 is 19.1 Å². The number of rotatable bonds is 11. The summed E-state index contributed by atoms with van der Waals surface area (Å²) in [4.78, 5) is 24.4. The van der Waals surface area contributed by atoms with Crippen LogP contribution < -0.4 is 11.5 Å². The molecule has 0 aliphatic rings. The molecule has 0 saturated heterocycles. The van der Waals surface area contributed by atoms with Crippen molar-refractivity contribution in [1.29, 1.82) is 0 Å². The maximum Gasteiger partial charge on any atom is 0.338 e. The molecule has 0 bridgehead atoms. The van der Waals surface area contributed by atoms with E-state index in [0.29, 0.717) is 23.4 Å². The van der Waals surface area contributed by atoms with Gasteiger partial charge in [-0.3, -0.25) is 4.79 Å². The molecule has 0 aliphatic carbocycles. The predicted molar refractivity (Wildman–Crippen MR) is 111 cm³/mol. The molecule has 28 heavy (non-hydrogen) atoms. The average Bonchev–Trinajstić information content (AvgIpc) is 2.68. The van der Waals surface area contributed by atoms with Crippen molar-refractivity contribution in [2.75, 3.05) is 12.3 Å². The summed E-state index contributed by atoms with van der Waals surface area (Å²) < 4.78 is 11.1. The smallest absolute Gasteiger partial charge is 0.338 e. The number of benzene rings is 1. The van der Waals surface area contributed by atoms with Crippen molar-refractivity contribution in [3.8, 4) is 0 Å². The molecule has 0 spiro atoms. The number of nitrogens with two attached hydrogens (primary N) is 2. The molecule has 6 nitrogen and oxygen atoms in total. The molecule has 0 aliphatic heterocycles. The maximum atomic E-state index is 12.2. The predicted octanol–water partition coefficient (Wildman–Crippen LogP) is 3.97. The van der Waals surface area contributed by atoms with E-state index in [0.717, 1.165) is 12.8 Å². The quantitative estimate of drug-likeness (QED) is 0.338. The molecular weight excluding hydrogens is 356 g/mol. The number of nitrogen functional groups attached to an aromatic ring is 1. The molecule has 0 aromatic heterocycles. The zero-order valence-electron chi connectivity index (χ0n) is 17.0. The standard InChI is InChI=1S/C22H32N2O4/c1-4-8-20(28-21(25)10-7-9-18(23)6-3)16(5-2)15-27-22(26)17-11-13-19(24)14-12-17/h6-7,9,11-14,16,20H,4-5,8,10,15,23-24H2,1-3H3/b9-7-,18-6+. The lowest BCUT2D eigenvalue weighted by Gasteiger charge is -2.25. The van der Waals surface area contributed by atoms with Crippen LogP contribution in [-0.2, 0) is 14.3 Å². The molecule has 1 rings (SSSR count). The highest BCUT2D eigenvalue weighted by Gasteiger charge is 2.24. The monoisotopic (exact) mass is 388 g/mol. The number of ether oxygens (including phenoxy) is 2. The minimum Gasteiger partial charge on any atom is -0.462 e. The fourth-order valence-corrected chi connectivity index (χ4v) is 2.65. The molecule has 1 aromatic carbocycles. The second-order valence-corrected chi connectivity index (χ2v) is 6.60. The summed E-state index contributed by atoms with van der Waals surface area (Å²) in [5.74, 6) is -0.794. The third-order valence-electron chi connectivity index (χ3n) is 4.41. The van der Waals surface area contributed by atoms with Gasteiger partial charge in [-0.05, 0) is 50.1 Å². The largest absolute Gasteiger partial charge is 0.462 e. The first-order chi connectivity index (χ1) is 13.4. The zero-order chi connectivity index (χ0) is 20.9. The lowest BCUT2D eigenvalue weighted by Crippen LogP contribution is -2.30. The van der Waals surface area contributed by atoms with Gasteiger partial charge >= 0.3 is 11.9 Å². The van der Waals surface area contributed by atoms with Gasteiger partial charge in [0, 0.05) is 17.3 Å². The molecule has 0 radical (unpaired) electrons. The van der Waals surface area contributed by atoms with Crippen LogP contribution in [0.2, 0.25) is 0 Å². The van der Waals surface area contributed by atoms with E-state index >= 15 is 0 Å². The maximum absolute atomic E-state index is 12.2. The third-order valence-corrected chi connectivity index (χ3v) is 4.41. The van der Waals surface area contributed by atoms with Gasteiger partial charge in [0.2, 0.25) is 0 Å². The van der Waals surface area contributed by atoms with Crippen LogP contribution >= 0.6 is 0 Å². The van der Waals surface area contributed by atoms with E-state index in [1.54, 1.807) is 42.5 Å². The minimum absolute atomic E-state index is 0.0637. The van der Waals surface area contributed by atoms with Crippen LogP contribution in [0.1, 0.15) is 56.8 Å². The fourth-order valence-electron chi connectivity index (χ4n) is 2.65. The van der Waals surface area contributed by atoms with E-state index < -0.39 is 5.97 Å². The highest BCUT2D eigenvalue weighted by molar-refractivity contribution is 5.89. The second-order valence-electron chi connectivity index (χ2n) is 6.60. The first-order valence-corrected chi connectivity index (χ1v) is 9.71. The van der Waals surface area contributed by atoms with Gasteiger partial charge in [0.25, 0.3) is 0 Å². The molecule has 2 atom stereocenters. The summed E-state index contributed by atoms with van der Waals surface area (Å²) >= 11 is 0. The molecule has 6 heteroatoms. The van der Waals surface area contributed by atoms with Gasteiger partial charge < -0.3 is 20.9 Å². The van der Waals surface area contributed by atoms with Crippen molar-refractivity contribution in [1.82, 2.24) is 0 Å². The first kappa shape index (κ1) is 23.3. The normalized spacial score (nSPS) is 13.9. The Labute approximate surface area is 167 Å². The molecule has 1 aromatic rings. The SMILES string of the molecule is C/C=C(N)\C=C/CC(=O)OC(CCC)C(CC)COC(=O)c1ccc(N)cc1.